The molecule has 0 bridgehead atoms. The van der Waals surface area contributed by atoms with E-state index in [1.54, 1.807) is 0 Å². The summed E-state index contributed by atoms with van der Waals surface area (Å²) in [5.74, 6) is 2.36. The third-order valence-electron chi connectivity index (χ3n) is 4.45. The van der Waals surface area contributed by atoms with Crippen LogP contribution in [0.5, 0.6) is 0 Å². The van der Waals surface area contributed by atoms with Crippen LogP contribution >= 0.6 is 0 Å². The molecule has 0 saturated heterocycles. The van der Waals surface area contributed by atoms with E-state index in [-0.39, 0.29) is 0 Å². The number of benzene rings is 1. The first kappa shape index (κ1) is 15.0. The van der Waals surface area contributed by atoms with Gasteiger partial charge < -0.3 is 16.0 Å². The Kier molecular flexibility index (Phi) is 4.43. The molecule has 1 aliphatic carbocycles. The topological polar surface area (TPSA) is 67.1 Å². The minimum atomic E-state index is 0.397. The van der Waals surface area contributed by atoms with Crippen LogP contribution in [0, 0.1) is 5.92 Å². The number of fused-ring (bicyclic) bond motifs is 1. The average Bonchev–Trinajstić information content (AvgIpc) is 2.53. The molecule has 0 amide bonds. The molecule has 5 heteroatoms. The molecule has 1 fully saturated rings. The molecule has 0 spiro atoms. The summed E-state index contributed by atoms with van der Waals surface area (Å²) < 4.78 is 0. The lowest BCUT2D eigenvalue weighted by Gasteiger charge is -2.26. The molecular weight excluding hydrogens is 274 g/mol. The molecule has 1 aromatic heterocycles. The molecule has 3 N–H and O–H groups in total. The van der Waals surface area contributed by atoms with Crippen LogP contribution in [-0.4, -0.2) is 36.6 Å². The fourth-order valence-electron chi connectivity index (χ4n) is 3.11. The van der Waals surface area contributed by atoms with E-state index in [0.29, 0.717) is 12.0 Å². The number of hydrogen-bond donors (Lipinski definition) is 2. The lowest BCUT2D eigenvalue weighted by atomic mass is 9.86. The summed E-state index contributed by atoms with van der Waals surface area (Å²) in [5, 5.41) is 4.51. The Labute approximate surface area is 131 Å². The predicted octanol–water partition coefficient (Wildman–Crippen LogP) is 2.63. The lowest BCUT2D eigenvalue weighted by molar-refractivity contribution is 0.338. The van der Waals surface area contributed by atoms with Gasteiger partial charge in [0.15, 0.2) is 0 Å². The van der Waals surface area contributed by atoms with Gasteiger partial charge in [-0.2, -0.15) is 4.98 Å². The van der Waals surface area contributed by atoms with Crippen molar-refractivity contribution in [2.24, 2.45) is 11.7 Å². The largest absolute Gasteiger partial charge is 0.362 e. The van der Waals surface area contributed by atoms with Gasteiger partial charge in [0.25, 0.3) is 0 Å². The Morgan fingerprint density at radius 2 is 1.86 bits per heavy atom. The van der Waals surface area contributed by atoms with E-state index >= 15 is 0 Å². The van der Waals surface area contributed by atoms with Crippen LogP contribution in [-0.2, 0) is 0 Å². The minimum absolute atomic E-state index is 0.397. The van der Waals surface area contributed by atoms with Crippen molar-refractivity contribution in [3.05, 3.63) is 24.3 Å². The van der Waals surface area contributed by atoms with Crippen molar-refractivity contribution in [1.82, 2.24) is 9.97 Å². The zero-order chi connectivity index (χ0) is 15.5. The van der Waals surface area contributed by atoms with Crippen molar-refractivity contribution in [3.63, 3.8) is 0 Å². The Morgan fingerprint density at radius 3 is 2.59 bits per heavy atom. The highest BCUT2D eigenvalue weighted by atomic mass is 15.2. The van der Waals surface area contributed by atoms with Crippen LogP contribution in [0.1, 0.15) is 25.7 Å². The lowest BCUT2D eigenvalue weighted by Crippen LogP contribution is -2.29. The Balaban J connectivity index is 1.76. The van der Waals surface area contributed by atoms with Gasteiger partial charge in [-0.25, -0.2) is 4.98 Å². The average molecular weight is 299 g/mol. The molecule has 1 aromatic carbocycles. The molecule has 0 radical (unpaired) electrons. The fourth-order valence-corrected chi connectivity index (χ4v) is 3.11. The van der Waals surface area contributed by atoms with Gasteiger partial charge in [-0.3, -0.25) is 0 Å². The van der Waals surface area contributed by atoms with Gasteiger partial charge in [0.1, 0.15) is 5.82 Å². The second-order valence-electron chi connectivity index (χ2n) is 6.44. The number of nitrogens with two attached hydrogens (primary N) is 1. The summed E-state index contributed by atoms with van der Waals surface area (Å²) in [5.41, 5.74) is 6.95. The molecule has 0 unspecified atom stereocenters. The van der Waals surface area contributed by atoms with Crippen molar-refractivity contribution in [1.29, 1.82) is 0 Å². The van der Waals surface area contributed by atoms with E-state index < -0.39 is 0 Å². The monoisotopic (exact) mass is 299 g/mol. The van der Waals surface area contributed by atoms with E-state index in [0.717, 1.165) is 42.1 Å². The van der Waals surface area contributed by atoms with Crippen molar-refractivity contribution in [2.75, 3.05) is 30.9 Å². The number of para-hydroxylation sites is 1. The Hall–Kier alpha value is -1.88. The normalized spacial score (nSPS) is 21.8. The fraction of sp³-hybridized carbons (Fsp3) is 0.529. The van der Waals surface area contributed by atoms with Crippen LogP contribution in [0.15, 0.2) is 24.3 Å². The number of anilines is 2. The van der Waals surface area contributed by atoms with Crippen LogP contribution in [0.4, 0.5) is 11.8 Å². The van der Waals surface area contributed by atoms with Crippen LogP contribution in [0.2, 0.25) is 0 Å². The minimum Gasteiger partial charge on any atom is -0.362 e. The molecule has 0 aliphatic heterocycles. The van der Waals surface area contributed by atoms with Crippen molar-refractivity contribution in [2.45, 2.75) is 31.7 Å². The molecule has 118 valence electrons. The summed E-state index contributed by atoms with van der Waals surface area (Å²) in [6, 6.07) is 8.54. The Morgan fingerprint density at radius 1 is 1.14 bits per heavy atom. The van der Waals surface area contributed by atoms with Gasteiger partial charge in [0, 0.05) is 32.1 Å². The van der Waals surface area contributed by atoms with Gasteiger partial charge >= 0.3 is 0 Å². The van der Waals surface area contributed by atoms with E-state index in [1.807, 2.05) is 37.2 Å². The summed E-state index contributed by atoms with van der Waals surface area (Å²) in [4.78, 5) is 11.4. The van der Waals surface area contributed by atoms with Crippen molar-refractivity contribution in [3.8, 4) is 0 Å². The molecule has 5 nitrogen and oxygen atoms in total. The second-order valence-corrected chi connectivity index (χ2v) is 6.44. The first-order chi connectivity index (χ1) is 10.6. The van der Waals surface area contributed by atoms with E-state index in [4.69, 9.17) is 5.73 Å². The number of hydrogen-bond acceptors (Lipinski definition) is 5. The van der Waals surface area contributed by atoms with Crippen molar-refractivity contribution < 1.29 is 0 Å². The van der Waals surface area contributed by atoms with E-state index in [1.165, 1.54) is 12.8 Å². The smallest absolute Gasteiger partial charge is 0.225 e. The van der Waals surface area contributed by atoms with E-state index in [2.05, 4.69) is 21.4 Å². The summed E-state index contributed by atoms with van der Waals surface area (Å²) >= 11 is 0. The highest BCUT2D eigenvalue weighted by Gasteiger charge is 2.18. The first-order valence-electron chi connectivity index (χ1n) is 8.07. The van der Waals surface area contributed by atoms with Gasteiger partial charge in [0.2, 0.25) is 5.95 Å². The van der Waals surface area contributed by atoms with Gasteiger partial charge in [-0.1, -0.05) is 12.1 Å². The van der Waals surface area contributed by atoms with Crippen LogP contribution < -0.4 is 16.0 Å². The number of aromatic nitrogens is 2. The first-order valence-corrected chi connectivity index (χ1v) is 8.07. The van der Waals surface area contributed by atoms with Crippen LogP contribution in [0.3, 0.4) is 0 Å². The number of rotatable bonds is 4. The standard InChI is InChI=1S/C17H25N5/c1-22(2)16-14-5-3-4-6-15(14)20-17(21-16)19-11-12-7-9-13(18)10-8-12/h3-6,12-13H,7-11,18H2,1-2H3,(H,19,20,21)/t12-,13-. The summed E-state index contributed by atoms with van der Waals surface area (Å²) in [6.45, 7) is 0.929. The molecule has 3 rings (SSSR count). The van der Waals surface area contributed by atoms with Gasteiger partial charge in [0.05, 0.1) is 5.52 Å². The van der Waals surface area contributed by atoms with Gasteiger partial charge in [-0.05, 0) is 43.7 Å². The maximum Gasteiger partial charge on any atom is 0.225 e. The Bertz CT molecular complexity index is 632. The quantitative estimate of drug-likeness (QED) is 0.908. The highest BCUT2D eigenvalue weighted by Crippen LogP contribution is 2.25. The summed E-state index contributed by atoms with van der Waals surface area (Å²) in [7, 11) is 4.03. The third-order valence-corrected chi connectivity index (χ3v) is 4.45. The number of nitrogens with zero attached hydrogens (tertiary/aromatic N) is 3. The molecule has 1 aliphatic rings. The van der Waals surface area contributed by atoms with Crippen LogP contribution in [0.25, 0.3) is 10.9 Å². The maximum atomic E-state index is 5.97. The van der Waals surface area contributed by atoms with Gasteiger partial charge in [-0.15, -0.1) is 0 Å². The summed E-state index contributed by atoms with van der Waals surface area (Å²) in [6.07, 6.45) is 4.66. The molecule has 1 heterocycles. The molecule has 0 atom stereocenters. The molecule has 2 aromatic rings. The zero-order valence-corrected chi connectivity index (χ0v) is 13.4. The molecule has 22 heavy (non-hydrogen) atoms. The third kappa shape index (κ3) is 3.30. The number of nitrogens with one attached hydrogen (secondary N) is 1. The SMILES string of the molecule is CN(C)c1nc(NC[C@H]2CC[C@H](N)CC2)nc2ccccc12. The van der Waals surface area contributed by atoms with E-state index in [9.17, 15) is 0 Å². The molecular formula is C17H25N5. The maximum absolute atomic E-state index is 5.97. The molecule has 1 saturated carbocycles. The highest BCUT2D eigenvalue weighted by molar-refractivity contribution is 5.90. The second kappa shape index (κ2) is 6.48. The zero-order valence-electron chi connectivity index (χ0n) is 13.4. The van der Waals surface area contributed by atoms with Crippen molar-refractivity contribution >= 4 is 22.7 Å². The predicted molar refractivity (Wildman–Crippen MR) is 92.3 cm³/mol.